The first-order chi connectivity index (χ1) is 14.2. The van der Waals surface area contributed by atoms with E-state index < -0.39 is 43.1 Å². The van der Waals surface area contributed by atoms with Gasteiger partial charge in [0.15, 0.2) is 18.0 Å². The van der Waals surface area contributed by atoms with Crippen molar-refractivity contribution in [2.45, 2.75) is 76.0 Å². The number of aromatic nitrogens is 4. The zero-order valence-corrected chi connectivity index (χ0v) is 19.0. The van der Waals surface area contributed by atoms with Gasteiger partial charge in [0.1, 0.15) is 12.2 Å². The summed E-state index contributed by atoms with van der Waals surface area (Å²) in [5.41, 5.74) is -1.12. The van der Waals surface area contributed by atoms with E-state index in [1.807, 2.05) is 0 Å². The average molecular weight is 461 g/mol. The lowest BCUT2D eigenvalue weighted by Gasteiger charge is -2.35. The molecule has 6 atom stereocenters. The molecule has 0 radical (unpaired) electrons. The third-order valence-electron chi connectivity index (χ3n) is 5.66. The van der Waals surface area contributed by atoms with Gasteiger partial charge in [0.2, 0.25) is 11.7 Å². The first kappa shape index (κ1) is 24.0. The Morgan fingerprint density at radius 3 is 2.61 bits per heavy atom. The summed E-state index contributed by atoms with van der Waals surface area (Å²) < 4.78 is 26.8. The van der Waals surface area contributed by atoms with Crippen molar-refractivity contribution < 1.29 is 38.6 Å². The molecule has 2 aromatic rings. The van der Waals surface area contributed by atoms with Crippen molar-refractivity contribution in [3.05, 3.63) is 23.0 Å². The zero-order valence-electron chi connectivity index (χ0n) is 18.1. The topological polar surface area (TPSA) is 171 Å². The van der Waals surface area contributed by atoms with Crippen LogP contribution in [0.25, 0.3) is 11.2 Å². The maximum absolute atomic E-state index is 12.6. The lowest BCUT2D eigenvalue weighted by Crippen LogP contribution is -2.46. The van der Waals surface area contributed by atoms with Gasteiger partial charge in [0.05, 0.1) is 18.8 Å². The molecule has 6 unspecified atom stereocenters. The Morgan fingerprint density at radius 2 is 2.00 bits per heavy atom. The van der Waals surface area contributed by atoms with E-state index in [4.69, 9.17) is 9.26 Å². The Hall–Kier alpha value is -1.66. The number of imidazole rings is 1. The minimum atomic E-state index is -4.42. The predicted molar refractivity (Wildman–Crippen MR) is 108 cm³/mol. The maximum Gasteiger partial charge on any atom is 0.359 e. The number of H-pyrrole nitrogens is 1. The van der Waals surface area contributed by atoms with Crippen LogP contribution in [0, 0.1) is 0 Å². The fraction of sp³-hybridized carbons (Fsp3) is 0.722. The molecule has 31 heavy (non-hydrogen) atoms. The van der Waals surface area contributed by atoms with E-state index in [-0.39, 0.29) is 29.6 Å². The molecular formula is C18H30N4O8P+. The van der Waals surface area contributed by atoms with Crippen LogP contribution in [0.1, 0.15) is 46.8 Å². The number of hydrogen-bond acceptors (Lipinski definition) is 8. The molecule has 1 saturated heterocycles. The fourth-order valence-corrected chi connectivity index (χ4v) is 5.00. The van der Waals surface area contributed by atoms with Crippen LogP contribution < -0.4 is 10.1 Å². The van der Waals surface area contributed by atoms with Crippen molar-refractivity contribution >= 4 is 18.8 Å². The molecule has 5 N–H and O–H groups in total. The Morgan fingerprint density at radius 1 is 1.35 bits per heavy atom. The first-order valence-electron chi connectivity index (χ1n) is 9.92. The minimum Gasteiger partial charge on any atom is -0.387 e. The van der Waals surface area contributed by atoms with Crippen molar-refractivity contribution in [2.24, 2.45) is 7.05 Å². The number of aliphatic hydroxyl groups excluding tert-OH is 2. The van der Waals surface area contributed by atoms with E-state index in [9.17, 15) is 29.6 Å². The molecule has 1 aliphatic rings. The Labute approximate surface area is 178 Å². The summed E-state index contributed by atoms with van der Waals surface area (Å²) in [5.74, 6) is 0. The third-order valence-corrected chi connectivity index (χ3v) is 7.93. The van der Waals surface area contributed by atoms with Crippen molar-refractivity contribution in [1.29, 1.82) is 0 Å². The molecule has 0 amide bonds. The summed E-state index contributed by atoms with van der Waals surface area (Å²) in [5, 5.41) is 29.4. The third kappa shape index (κ3) is 4.34. The Bertz CT molecular complexity index is 1060. The molecule has 12 nitrogen and oxygen atoms in total. The molecule has 0 aliphatic carbocycles. The lowest BCUT2D eigenvalue weighted by molar-refractivity contribution is -0.746. The highest BCUT2D eigenvalue weighted by molar-refractivity contribution is 7.54. The van der Waals surface area contributed by atoms with Crippen LogP contribution in [0.4, 0.5) is 0 Å². The normalized spacial score (nSPS) is 28.5. The van der Waals surface area contributed by atoms with Gasteiger partial charge in [0.25, 0.3) is 5.56 Å². The summed E-state index contributed by atoms with van der Waals surface area (Å²) >= 11 is 0. The maximum atomic E-state index is 12.6. The highest BCUT2D eigenvalue weighted by atomic mass is 31.2. The van der Waals surface area contributed by atoms with E-state index in [0.29, 0.717) is 0 Å². The number of aliphatic hydroxyl groups is 3. The second kappa shape index (κ2) is 8.04. The van der Waals surface area contributed by atoms with Gasteiger partial charge in [-0.1, -0.05) is 11.9 Å². The van der Waals surface area contributed by atoms with Gasteiger partial charge in [-0.15, -0.1) is 0 Å². The van der Waals surface area contributed by atoms with Gasteiger partial charge < -0.3 is 29.5 Å². The molecule has 1 fully saturated rings. The molecule has 13 heteroatoms. The second-order valence-corrected chi connectivity index (χ2v) is 10.9. The molecule has 2 aromatic heterocycles. The number of aryl methyl sites for hydroxylation is 1. The molecule has 3 rings (SSSR count). The highest BCUT2D eigenvalue weighted by Crippen LogP contribution is 2.58. The number of rotatable bonds is 7. The van der Waals surface area contributed by atoms with Crippen LogP contribution in [0.3, 0.4) is 0 Å². The molecular weight excluding hydrogens is 431 g/mol. The molecule has 3 heterocycles. The van der Waals surface area contributed by atoms with Crippen LogP contribution in [0.5, 0.6) is 0 Å². The van der Waals surface area contributed by atoms with Crippen molar-refractivity contribution in [2.75, 3.05) is 0 Å². The van der Waals surface area contributed by atoms with Crippen LogP contribution in [-0.4, -0.2) is 64.0 Å². The number of hydrogen-bond donors (Lipinski definition) is 5. The standard InChI is InChI=1S/C18H29N4O8P/c1-6-18(4,26)31(27,28)30-17(2,3)7-10-12(23)13(24)16(29-10)22-9-21(5)11-14(22)19-8-20-15(11)25/h8-10,12-13,16,23-24,26H,6-7H2,1-5H3,(H-,19,20,25,27,28)/p+1. The summed E-state index contributed by atoms with van der Waals surface area (Å²) in [6.07, 6.45) is -1.97. The number of nitrogens with zero attached hydrogens (tertiary/aromatic N) is 3. The molecule has 0 spiro atoms. The van der Waals surface area contributed by atoms with E-state index in [1.165, 1.54) is 42.6 Å². The largest absolute Gasteiger partial charge is 0.387 e. The summed E-state index contributed by atoms with van der Waals surface area (Å²) in [4.78, 5) is 28.9. The molecule has 0 bridgehead atoms. The highest BCUT2D eigenvalue weighted by Gasteiger charge is 2.51. The monoisotopic (exact) mass is 461 g/mol. The number of aromatic amines is 1. The molecule has 1 aliphatic heterocycles. The van der Waals surface area contributed by atoms with Crippen LogP contribution >= 0.6 is 7.60 Å². The Kier molecular flexibility index (Phi) is 6.22. The SMILES string of the molecule is CCC(C)(O)P(=O)(O)OC(C)(C)CC1OC([n+]2cn(C)c3c(=O)[nH]cnc32)C(O)C1O. The predicted octanol–water partition coefficient (Wildman–Crippen LogP) is -0.342. The van der Waals surface area contributed by atoms with Gasteiger partial charge in [-0.25, -0.2) is 4.57 Å². The number of ether oxygens (including phenoxy) is 1. The van der Waals surface area contributed by atoms with E-state index >= 15 is 0 Å². The van der Waals surface area contributed by atoms with Crippen LogP contribution in [0.2, 0.25) is 0 Å². The quantitative estimate of drug-likeness (QED) is 0.273. The van der Waals surface area contributed by atoms with E-state index in [0.717, 1.165) is 0 Å². The van der Waals surface area contributed by atoms with Crippen molar-refractivity contribution in [3.8, 4) is 0 Å². The van der Waals surface area contributed by atoms with Gasteiger partial charge >= 0.3 is 13.2 Å². The smallest absolute Gasteiger partial charge is 0.359 e. The fourth-order valence-electron chi connectivity index (χ4n) is 3.66. The minimum absolute atomic E-state index is 0.00402. The zero-order chi connectivity index (χ0) is 23.4. The van der Waals surface area contributed by atoms with Crippen LogP contribution in [0.15, 0.2) is 17.4 Å². The molecule has 0 saturated carbocycles. The average Bonchev–Trinajstić information content (AvgIpc) is 3.12. The number of nitrogens with one attached hydrogen (secondary N) is 1. The molecule has 174 valence electrons. The first-order valence-corrected chi connectivity index (χ1v) is 11.5. The second-order valence-electron chi connectivity index (χ2n) is 8.73. The van der Waals surface area contributed by atoms with Gasteiger partial charge in [-0.2, -0.15) is 0 Å². The van der Waals surface area contributed by atoms with Gasteiger partial charge in [-0.3, -0.25) is 18.9 Å². The van der Waals surface area contributed by atoms with Crippen molar-refractivity contribution in [1.82, 2.24) is 14.5 Å². The van der Waals surface area contributed by atoms with Crippen molar-refractivity contribution in [3.63, 3.8) is 0 Å². The number of fused-ring (bicyclic) bond motifs is 1. The van der Waals surface area contributed by atoms with E-state index in [2.05, 4.69) is 9.97 Å². The van der Waals surface area contributed by atoms with Gasteiger partial charge in [0, 0.05) is 6.42 Å². The van der Waals surface area contributed by atoms with Gasteiger partial charge in [-0.05, 0) is 27.2 Å². The summed E-state index contributed by atoms with van der Waals surface area (Å²) in [6, 6.07) is 0. The Balaban J connectivity index is 1.84. The summed E-state index contributed by atoms with van der Waals surface area (Å²) in [6.45, 7) is 5.84. The van der Waals surface area contributed by atoms with E-state index in [1.54, 1.807) is 14.0 Å². The van der Waals surface area contributed by atoms with Crippen LogP contribution in [-0.2, 0) is 20.9 Å². The molecule has 0 aromatic carbocycles. The summed E-state index contributed by atoms with van der Waals surface area (Å²) in [7, 11) is -2.78. The lowest BCUT2D eigenvalue weighted by atomic mass is 9.97.